The van der Waals surface area contributed by atoms with Crippen LogP contribution in [0, 0.1) is 16.7 Å². The number of aliphatic imine (C=N–C) groups is 1. The van der Waals surface area contributed by atoms with Crippen LogP contribution < -0.4 is 16.0 Å². The van der Waals surface area contributed by atoms with Crippen LogP contribution in [0.15, 0.2) is 4.99 Å². The predicted octanol–water partition coefficient (Wildman–Crippen LogP) is 2.14. The summed E-state index contributed by atoms with van der Waals surface area (Å²) < 4.78 is 0. The second-order valence-corrected chi connectivity index (χ2v) is 7.69. The average molecular weight is 310 g/mol. The van der Waals surface area contributed by atoms with Crippen molar-refractivity contribution in [1.29, 1.82) is 0 Å². The van der Waals surface area contributed by atoms with Crippen molar-refractivity contribution in [3.8, 4) is 0 Å². The van der Waals surface area contributed by atoms with Crippen LogP contribution in [0.25, 0.3) is 0 Å². The van der Waals surface area contributed by atoms with Crippen LogP contribution in [0.1, 0.15) is 53.4 Å². The lowest BCUT2D eigenvalue weighted by Gasteiger charge is -2.43. The van der Waals surface area contributed by atoms with E-state index in [0.717, 1.165) is 18.4 Å². The van der Waals surface area contributed by atoms with Gasteiger partial charge in [0.1, 0.15) is 0 Å². The highest BCUT2D eigenvalue weighted by Gasteiger charge is 2.37. The van der Waals surface area contributed by atoms with E-state index >= 15 is 0 Å². The number of amides is 1. The summed E-state index contributed by atoms with van der Waals surface area (Å²) in [4.78, 5) is 16.1. The molecule has 0 saturated heterocycles. The first kappa shape index (κ1) is 18.8. The van der Waals surface area contributed by atoms with Gasteiger partial charge >= 0.3 is 0 Å². The van der Waals surface area contributed by atoms with E-state index in [-0.39, 0.29) is 5.91 Å². The molecule has 1 aliphatic rings. The monoisotopic (exact) mass is 310 g/mol. The van der Waals surface area contributed by atoms with Crippen molar-refractivity contribution in [2.45, 2.75) is 53.4 Å². The number of guanidine groups is 1. The second-order valence-electron chi connectivity index (χ2n) is 7.69. The van der Waals surface area contributed by atoms with Gasteiger partial charge in [0.05, 0.1) is 5.41 Å². The van der Waals surface area contributed by atoms with Gasteiger partial charge in [0.25, 0.3) is 0 Å². The van der Waals surface area contributed by atoms with Gasteiger partial charge in [-0.15, -0.1) is 0 Å². The number of nitrogens with zero attached hydrogens (tertiary/aromatic N) is 1. The van der Waals surface area contributed by atoms with Crippen molar-refractivity contribution in [3.05, 3.63) is 0 Å². The first-order valence-electron chi connectivity index (χ1n) is 8.41. The molecule has 0 atom stereocenters. The Kier molecular flexibility index (Phi) is 6.69. The van der Waals surface area contributed by atoms with Crippen molar-refractivity contribution in [3.63, 3.8) is 0 Å². The summed E-state index contributed by atoms with van der Waals surface area (Å²) in [5.41, 5.74) is -0.0272. The van der Waals surface area contributed by atoms with E-state index in [1.54, 1.807) is 14.1 Å². The molecule has 1 amide bonds. The van der Waals surface area contributed by atoms with Gasteiger partial charge in [-0.2, -0.15) is 0 Å². The van der Waals surface area contributed by atoms with E-state index in [1.807, 2.05) is 13.8 Å². The minimum Gasteiger partial charge on any atom is -0.359 e. The van der Waals surface area contributed by atoms with Crippen molar-refractivity contribution >= 4 is 11.9 Å². The quantitative estimate of drug-likeness (QED) is 0.498. The van der Waals surface area contributed by atoms with Gasteiger partial charge < -0.3 is 16.0 Å². The van der Waals surface area contributed by atoms with Crippen LogP contribution in [-0.2, 0) is 4.79 Å². The highest BCUT2D eigenvalue weighted by atomic mass is 16.2. The third kappa shape index (κ3) is 5.18. The molecule has 3 N–H and O–H groups in total. The third-order valence-electron chi connectivity index (χ3n) is 4.65. The molecule has 0 radical (unpaired) electrons. The number of nitrogens with one attached hydrogen (secondary N) is 3. The highest BCUT2D eigenvalue weighted by Crippen LogP contribution is 2.45. The first-order valence-corrected chi connectivity index (χ1v) is 8.41. The predicted molar refractivity (Wildman–Crippen MR) is 93.0 cm³/mol. The molecule has 5 heteroatoms. The smallest absolute Gasteiger partial charge is 0.227 e. The van der Waals surface area contributed by atoms with E-state index in [9.17, 15) is 4.79 Å². The fourth-order valence-electron chi connectivity index (χ4n) is 3.21. The highest BCUT2D eigenvalue weighted by molar-refractivity contribution is 5.84. The summed E-state index contributed by atoms with van der Waals surface area (Å²) in [7, 11) is 3.45. The summed E-state index contributed by atoms with van der Waals surface area (Å²) in [6.07, 6.45) is 5.21. The van der Waals surface area contributed by atoms with Gasteiger partial charge in [-0.3, -0.25) is 9.79 Å². The Labute approximate surface area is 135 Å². The zero-order valence-corrected chi connectivity index (χ0v) is 15.2. The van der Waals surface area contributed by atoms with Crippen LogP contribution in [0.5, 0.6) is 0 Å². The van der Waals surface area contributed by atoms with E-state index in [2.05, 4.69) is 34.8 Å². The zero-order chi connectivity index (χ0) is 16.8. The molecular formula is C17H34N4O. The third-order valence-corrected chi connectivity index (χ3v) is 4.65. The van der Waals surface area contributed by atoms with Gasteiger partial charge in [-0.05, 0) is 44.4 Å². The van der Waals surface area contributed by atoms with Crippen molar-refractivity contribution < 1.29 is 4.79 Å². The molecular weight excluding hydrogens is 276 g/mol. The van der Waals surface area contributed by atoms with Gasteiger partial charge in [0, 0.05) is 27.2 Å². The maximum atomic E-state index is 11.8. The van der Waals surface area contributed by atoms with E-state index in [1.165, 1.54) is 25.7 Å². The molecule has 0 aliphatic heterocycles. The summed E-state index contributed by atoms with van der Waals surface area (Å²) in [5, 5.41) is 9.44. The van der Waals surface area contributed by atoms with Crippen LogP contribution in [0.4, 0.5) is 0 Å². The Balaban J connectivity index is 2.48. The first-order chi connectivity index (χ1) is 10.2. The molecule has 1 saturated carbocycles. The summed E-state index contributed by atoms with van der Waals surface area (Å²) in [6.45, 7) is 9.96. The summed E-state index contributed by atoms with van der Waals surface area (Å²) >= 11 is 0. The summed E-state index contributed by atoms with van der Waals surface area (Å²) in [6, 6.07) is 0. The normalized spacial score (nSPS) is 17.9. The molecule has 128 valence electrons. The molecule has 0 aromatic carbocycles. The minimum atomic E-state index is -0.460. The Morgan fingerprint density at radius 1 is 1.27 bits per heavy atom. The van der Waals surface area contributed by atoms with Gasteiger partial charge in [-0.1, -0.05) is 20.3 Å². The van der Waals surface area contributed by atoms with Gasteiger partial charge in [-0.25, -0.2) is 0 Å². The molecule has 0 spiro atoms. The van der Waals surface area contributed by atoms with E-state index in [4.69, 9.17) is 0 Å². The number of carbonyl (C=O) groups excluding carboxylic acids is 1. The molecule has 1 rings (SSSR count). The Hall–Kier alpha value is -1.26. The van der Waals surface area contributed by atoms with Gasteiger partial charge in [0.15, 0.2) is 5.96 Å². The maximum absolute atomic E-state index is 11.8. The molecule has 0 bridgehead atoms. The lowest BCUT2D eigenvalue weighted by atomic mass is 9.64. The molecule has 0 aromatic rings. The second kappa shape index (κ2) is 7.84. The molecule has 1 fully saturated rings. The number of carbonyl (C=O) groups is 1. The fraction of sp³-hybridized carbons (Fsp3) is 0.882. The standard InChI is InChI=1S/C17H34N4O/c1-13(2)10-17(8-7-9-17)12-21-15(19-6)20-11-16(3,4)14(22)18-5/h13H,7-12H2,1-6H3,(H,18,22)(H2,19,20,21). The Morgan fingerprint density at radius 2 is 1.91 bits per heavy atom. The fourth-order valence-corrected chi connectivity index (χ4v) is 3.21. The van der Waals surface area contributed by atoms with E-state index < -0.39 is 5.41 Å². The maximum Gasteiger partial charge on any atom is 0.227 e. The largest absolute Gasteiger partial charge is 0.359 e. The van der Waals surface area contributed by atoms with Crippen LogP contribution in [-0.4, -0.2) is 39.1 Å². The molecule has 0 aromatic heterocycles. The number of rotatable bonds is 7. The zero-order valence-electron chi connectivity index (χ0n) is 15.2. The summed E-state index contributed by atoms with van der Waals surface area (Å²) in [5.74, 6) is 1.54. The van der Waals surface area contributed by atoms with Crippen molar-refractivity contribution in [2.75, 3.05) is 27.2 Å². The van der Waals surface area contributed by atoms with Crippen molar-refractivity contribution in [2.24, 2.45) is 21.7 Å². The Bertz CT molecular complexity index is 397. The lowest BCUT2D eigenvalue weighted by molar-refractivity contribution is -0.128. The van der Waals surface area contributed by atoms with Crippen LogP contribution >= 0.6 is 0 Å². The number of hydrogen-bond donors (Lipinski definition) is 3. The Morgan fingerprint density at radius 3 is 2.32 bits per heavy atom. The van der Waals surface area contributed by atoms with Crippen molar-refractivity contribution in [1.82, 2.24) is 16.0 Å². The topological polar surface area (TPSA) is 65.5 Å². The van der Waals surface area contributed by atoms with E-state index in [0.29, 0.717) is 12.0 Å². The molecule has 22 heavy (non-hydrogen) atoms. The van der Waals surface area contributed by atoms with Crippen LogP contribution in [0.3, 0.4) is 0 Å². The molecule has 0 unspecified atom stereocenters. The SMILES string of the molecule is CN=C(NCC1(CC(C)C)CCC1)NCC(C)(C)C(=O)NC. The van der Waals surface area contributed by atoms with Gasteiger partial charge in [0.2, 0.25) is 5.91 Å². The molecule has 1 aliphatic carbocycles. The van der Waals surface area contributed by atoms with Crippen LogP contribution in [0.2, 0.25) is 0 Å². The number of hydrogen-bond acceptors (Lipinski definition) is 2. The molecule has 5 nitrogen and oxygen atoms in total. The lowest BCUT2D eigenvalue weighted by Crippen LogP contribution is -2.50. The molecule has 0 heterocycles. The minimum absolute atomic E-state index is 0.0331. The average Bonchev–Trinajstić information content (AvgIpc) is 2.42.